The minimum Gasteiger partial charge on any atom is -0.393 e. The molecule has 2 rings (SSSR count). The molecule has 0 saturated carbocycles. The molecule has 0 aliphatic heterocycles. The molecule has 0 spiro atoms. The van der Waals surface area contributed by atoms with E-state index in [0.717, 1.165) is 19.3 Å². The Bertz CT molecular complexity index is 306. The molecule has 0 saturated heterocycles. The Morgan fingerprint density at radius 1 is 1.54 bits per heavy atom. The average Bonchev–Trinajstić information content (AvgIpc) is 2.46. The molecule has 0 amide bonds. The van der Waals surface area contributed by atoms with Gasteiger partial charge in [-0.3, -0.25) is 0 Å². The molecular formula is C10H15NOS. The van der Waals surface area contributed by atoms with E-state index < -0.39 is 0 Å². The lowest BCUT2D eigenvalue weighted by Gasteiger charge is -2.17. The number of aliphatic hydroxyl groups excluding tert-OH is 1. The molecule has 1 unspecified atom stereocenters. The van der Waals surface area contributed by atoms with E-state index in [2.05, 4.69) is 18.2 Å². The molecule has 1 atom stereocenters. The van der Waals surface area contributed by atoms with Gasteiger partial charge in [0.1, 0.15) is 0 Å². The van der Waals surface area contributed by atoms with Crippen LogP contribution < -0.4 is 0 Å². The molecule has 3 heteroatoms. The fourth-order valence-electron chi connectivity index (χ4n) is 1.87. The van der Waals surface area contributed by atoms with Crippen LogP contribution in [0.2, 0.25) is 0 Å². The first-order valence-corrected chi connectivity index (χ1v) is 5.61. The average molecular weight is 197 g/mol. The number of hydrogen-bond donors (Lipinski definition) is 1. The zero-order chi connectivity index (χ0) is 9.42. The van der Waals surface area contributed by atoms with Gasteiger partial charge in [0.05, 0.1) is 11.8 Å². The number of fused-ring (bicyclic) bond motifs is 1. The molecule has 0 aromatic carbocycles. The van der Waals surface area contributed by atoms with E-state index in [1.807, 2.05) is 0 Å². The number of aromatic nitrogens is 1. The lowest BCUT2D eigenvalue weighted by atomic mass is 9.92. The summed E-state index contributed by atoms with van der Waals surface area (Å²) in [7, 11) is 0. The van der Waals surface area contributed by atoms with Crippen molar-refractivity contribution in [2.75, 3.05) is 0 Å². The standard InChI is InChI=1S/C10H15NOS/c1-6(2)10-8-4-3-7(12)5-9(8)13-11-10/h6-7,12H,3-5H2,1-2H3. The molecule has 1 heterocycles. The molecule has 1 aromatic rings. The first-order chi connectivity index (χ1) is 6.18. The molecule has 1 N–H and O–H groups in total. The summed E-state index contributed by atoms with van der Waals surface area (Å²) in [4.78, 5) is 1.31. The Hall–Kier alpha value is -0.410. The maximum atomic E-state index is 9.48. The van der Waals surface area contributed by atoms with Crippen LogP contribution in [0.5, 0.6) is 0 Å². The Morgan fingerprint density at radius 3 is 3.00 bits per heavy atom. The highest BCUT2D eigenvalue weighted by molar-refractivity contribution is 7.06. The Labute approximate surface area is 82.8 Å². The Kier molecular flexibility index (Phi) is 2.39. The highest BCUT2D eigenvalue weighted by atomic mass is 32.1. The zero-order valence-electron chi connectivity index (χ0n) is 8.08. The Morgan fingerprint density at radius 2 is 2.31 bits per heavy atom. The third-order valence-electron chi connectivity index (χ3n) is 2.60. The highest BCUT2D eigenvalue weighted by Crippen LogP contribution is 2.31. The van der Waals surface area contributed by atoms with E-state index in [1.165, 1.54) is 16.1 Å². The van der Waals surface area contributed by atoms with E-state index in [-0.39, 0.29) is 6.10 Å². The Balaban J connectivity index is 2.33. The van der Waals surface area contributed by atoms with Gasteiger partial charge < -0.3 is 5.11 Å². The number of hydrogen-bond acceptors (Lipinski definition) is 3. The first-order valence-electron chi connectivity index (χ1n) is 4.84. The number of aliphatic hydroxyl groups is 1. The second-order valence-electron chi connectivity index (χ2n) is 4.02. The van der Waals surface area contributed by atoms with Crippen LogP contribution in [-0.2, 0) is 12.8 Å². The topological polar surface area (TPSA) is 33.1 Å². The van der Waals surface area contributed by atoms with Crippen LogP contribution in [0.25, 0.3) is 0 Å². The van der Waals surface area contributed by atoms with Crippen LogP contribution in [0.4, 0.5) is 0 Å². The van der Waals surface area contributed by atoms with Crippen LogP contribution in [0.1, 0.15) is 42.3 Å². The van der Waals surface area contributed by atoms with Gasteiger partial charge in [0.25, 0.3) is 0 Å². The van der Waals surface area contributed by atoms with Gasteiger partial charge in [0.2, 0.25) is 0 Å². The SMILES string of the molecule is CC(C)c1nsc2c1CCC(O)C2. The van der Waals surface area contributed by atoms with Gasteiger partial charge in [-0.2, -0.15) is 4.37 Å². The van der Waals surface area contributed by atoms with E-state index in [0.29, 0.717) is 5.92 Å². The van der Waals surface area contributed by atoms with Gasteiger partial charge in [0, 0.05) is 11.3 Å². The predicted molar refractivity (Wildman–Crippen MR) is 54.2 cm³/mol. The quantitative estimate of drug-likeness (QED) is 0.748. The molecule has 72 valence electrons. The summed E-state index contributed by atoms with van der Waals surface area (Å²) in [5, 5.41) is 9.48. The smallest absolute Gasteiger partial charge is 0.0602 e. The summed E-state index contributed by atoms with van der Waals surface area (Å²) >= 11 is 1.57. The van der Waals surface area contributed by atoms with Crippen molar-refractivity contribution in [3.8, 4) is 0 Å². The van der Waals surface area contributed by atoms with Crippen molar-refractivity contribution in [2.24, 2.45) is 0 Å². The fraction of sp³-hybridized carbons (Fsp3) is 0.700. The van der Waals surface area contributed by atoms with Crippen molar-refractivity contribution in [3.05, 3.63) is 16.1 Å². The molecule has 13 heavy (non-hydrogen) atoms. The van der Waals surface area contributed by atoms with Crippen molar-refractivity contribution in [1.82, 2.24) is 4.37 Å². The summed E-state index contributed by atoms with van der Waals surface area (Å²) in [5.74, 6) is 0.523. The summed E-state index contributed by atoms with van der Waals surface area (Å²) in [6.07, 6.45) is 2.61. The van der Waals surface area contributed by atoms with Crippen molar-refractivity contribution in [1.29, 1.82) is 0 Å². The number of nitrogens with zero attached hydrogens (tertiary/aromatic N) is 1. The molecule has 0 fully saturated rings. The maximum absolute atomic E-state index is 9.48. The van der Waals surface area contributed by atoms with Crippen molar-refractivity contribution in [3.63, 3.8) is 0 Å². The van der Waals surface area contributed by atoms with E-state index in [4.69, 9.17) is 0 Å². The predicted octanol–water partition coefficient (Wildman–Crippen LogP) is 2.12. The lowest BCUT2D eigenvalue weighted by molar-refractivity contribution is 0.159. The monoisotopic (exact) mass is 197 g/mol. The van der Waals surface area contributed by atoms with Crippen LogP contribution in [0.15, 0.2) is 0 Å². The zero-order valence-corrected chi connectivity index (χ0v) is 8.90. The van der Waals surface area contributed by atoms with Gasteiger partial charge in [-0.15, -0.1) is 0 Å². The molecule has 1 aromatic heterocycles. The normalized spacial score (nSPS) is 22.0. The van der Waals surface area contributed by atoms with Gasteiger partial charge in [-0.25, -0.2) is 0 Å². The van der Waals surface area contributed by atoms with E-state index in [1.54, 1.807) is 11.5 Å². The second-order valence-corrected chi connectivity index (χ2v) is 4.88. The van der Waals surface area contributed by atoms with Gasteiger partial charge in [0.15, 0.2) is 0 Å². The van der Waals surface area contributed by atoms with Crippen molar-refractivity contribution in [2.45, 2.75) is 45.1 Å². The summed E-state index contributed by atoms with van der Waals surface area (Å²) in [6.45, 7) is 4.36. The van der Waals surface area contributed by atoms with Crippen molar-refractivity contribution >= 4 is 11.5 Å². The third-order valence-corrected chi connectivity index (χ3v) is 3.52. The van der Waals surface area contributed by atoms with Gasteiger partial charge >= 0.3 is 0 Å². The molecule has 1 aliphatic rings. The van der Waals surface area contributed by atoms with Crippen LogP contribution in [0.3, 0.4) is 0 Å². The maximum Gasteiger partial charge on any atom is 0.0602 e. The van der Waals surface area contributed by atoms with Crippen molar-refractivity contribution < 1.29 is 5.11 Å². The van der Waals surface area contributed by atoms with E-state index >= 15 is 0 Å². The lowest BCUT2D eigenvalue weighted by Crippen LogP contribution is -2.17. The molecule has 2 nitrogen and oxygen atoms in total. The molecule has 0 bridgehead atoms. The minimum absolute atomic E-state index is 0.132. The largest absolute Gasteiger partial charge is 0.393 e. The second kappa shape index (κ2) is 3.39. The van der Waals surface area contributed by atoms with Gasteiger partial charge in [-0.1, -0.05) is 13.8 Å². The molecule has 1 aliphatic carbocycles. The first kappa shape index (κ1) is 9.16. The van der Waals surface area contributed by atoms with Crippen LogP contribution in [-0.4, -0.2) is 15.6 Å². The highest BCUT2D eigenvalue weighted by Gasteiger charge is 2.23. The summed E-state index contributed by atoms with van der Waals surface area (Å²) in [5.41, 5.74) is 2.68. The molecule has 0 radical (unpaired) electrons. The number of rotatable bonds is 1. The fourth-order valence-corrected chi connectivity index (χ4v) is 2.98. The van der Waals surface area contributed by atoms with Crippen LogP contribution >= 0.6 is 11.5 Å². The van der Waals surface area contributed by atoms with Gasteiger partial charge in [-0.05, 0) is 35.9 Å². The summed E-state index contributed by atoms with van der Waals surface area (Å²) in [6, 6.07) is 0. The minimum atomic E-state index is -0.132. The van der Waals surface area contributed by atoms with Crippen LogP contribution in [0, 0.1) is 0 Å². The molecular weight excluding hydrogens is 182 g/mol. The van der Waals surface area contributed by atoms with E-state index in [9.17, 15) is 5.11 Å². The third kappa shape index (κ3) is 1.63. The summed E-state index contributed by atoms with van der Waals surface area (Å²) < 4.78 is 4.46.